The van der Waals surface area contributed by atoms with Gasteiger partial charge in [0, 0.05) is 11.6 Å². The summed E-state index contributed by atoms with van der Waals surface area (Å²) in [6.07, 6.45) is 0. The van der Waals surface area contributed by atoms with Gasteiger partial charge in [-0.25, -0.2) is 4.98 Å². The van der Waals surface area contributed by atoms with E-state index in [1.165, 1.54) is 19.2 Å². The number of nitrogens with zero attached hydrogens (tertiary/aromatic N) is 2. The average Bonchev–Trinajstić information content (AvgIpc) is 2.41. The largest absolute Gasteiger partial charge is 0.476 e. The Morgan fingerprint density at radius 3 is 2.53 bits per heavy atom. The highest BCUT2D eigenvalue weighted by molar-refractivity contribution is 6.42. The van der Waals surface area contributed by atoms with Gasteiger partial charge < -0.3 is 4.74 Å². The van der Waals surface area contributed by atoms with Gasteiger partial charge in [-0.05, 0) is 18.2 Å². The zero-order valence-corrected chi connectivity index (χ0v) is 11.3. The number of methoxy groups -OCH3 is 1. The Balaban J connectivity index is 2.51. The van der Waals surface area contributed by atoms with Crippen LogP contribution in [0.5, 0.6) is 5.88 Å². The van der Waals surface area contributed by atoms with Gasteiger partial charge in [0.05, 0.1) is 27.8 Å². The molecule has 0 saturated carbocycles. The van der Waals surface area contributed by atoms with Gasteiger partial charge in [-0.3, -0.25) is 10.1 Å². The monoisotopic (exact) mass is 298 g/mol. The number of ether oxygens (including phenoxy) is 1. The predicted octanol–water partition coefficient (Wildman–Crippen LogP) is 3.97. The summed E-state index contributed by atoms with van der Waals surface area (Å²) in [4.78, 5) is 14.3. The molecule has 1 heterocycles. The fraction of sp³-hybridized carbons (Fsp3) is 0.0833. The Hall–Kier alpha value is -1.85. The minimum atomic E-state index is -0.551. The number of benzene rings is 1. The van der Waals surface area contributed by atoms with Gasteiger partial charge in [0.25, 0.3) is 5.88 Å². The number of hydrogen-bond donors (Lipinski definition) is 0. The van der Waals surface area contributed by atoms with E-state index in [-0.39, 0.29) is 11.6 Å². The van der Waals surface area contributed by atoms with Crippen LogP contribution in [0.3, 0.4) is 0 Å². The third kappa shape index (κ3) is 2.77. The SMILES string of the molecule is COc1nc(-c2ccc(Cl)c(Cl)c2)ccc1[N+](=O)[O-]. The molecule has 0 saturated heterocycles. The van der Waals surface area contributed by atoms with E-state index in [0.717, 1.165) is 0 Å². The van der Waals surface area contributed by atoms with Gasteiger partial charge >= 0.3 is 5.69 Å². The van der Waals surface area contributed by atoms with Gasteiger partial charge in [0.1, 0.15) is 0 Å². The molecule has 2 rings (SSSR count). The molecule has 0 spiro atoms. The van der Waals surface area contributed by atoms with Crippen molar-refractivity contribution in [1.29, 1.82) is 0 Å². The van der Waals surface area contributed by atoms with Gasteiger partial charge in [0.15, 0.2) is 0 Å². The van der Waals surface area contributed by atoms with E-state index in [9.17, 15) is 10.1 Å². The summed E-state index contributed by atoms with van der Waals surface area (Å²) in [5.41, 5.74) is 1.02. The first-order valence-corrected chi connectivity index (χ1v) is 5.93. The lowest BCUT2D eigenvalue weighted by molar-refractivity contribution is -0.386. The standard InChI is InChI=1S/C12H8Cl2N2O3/c1-19-12-11(16(17)18)5-4-10(15-12)7-2-3-8(13)9(14)6-7/h2-6H,1H3. The maximum absolute atomic E-state index is 10.8. The second-order valence-electron chi connectivity index (χ2n) is 3.61. The fourth-order valence-corrected chi connectivity index (χ4v) is 1.84. The van der Waals surface area contributed by atoms with Crippen molar-refractivity contribution in [3.05, 3.63) is 50.5 Å². The molecule has 2 aromatic rings. The molecule has 0 fully saturated rings. The van der Waals surface area contributed by atoms with Crippen molar-refractivity contribution in [3.8, 4) is 17.1 Å². The molecule has 0 unspecified atom stereocenters. The van der Waals surface area contributed by atoms with Gasteiger partial charge in [-0.15, -0.1) is 0 Å². The van der Waals surface area contributed by atoms with Crippen molar-refractivity contribution in [2.75, 3.05) is 7.11 Å². The van der Waals surface area contributed by atoms with Crippen molar-refractivity contribution in [2.45, 2.75) is 0 Å². The minimum absolute atomic E-state index is 0.0476. The van der Waals surface area contributed by atoms with Crippen LogP contribution in [0.4, 0.5) is 5.69 Å². The highest BCUT2D eigenvalue weighted by Crippen LogP contribution is 2.31. The minimum Gasteiger partial charge on any atom is -0.476 e. The van der Waals surface area contributed by atoms with E-state index < -0.39 is 4.92 Å². The first-order chi connectivity index (χ1) is 9.02. The van der Waals surface area contributed by atoms with E-state index in [1.807, 2.05) is 0 Å². The lowest BCUT2D eigenvalue weighted by Crippen LogP contribution is -1.97. The molecule has 0 N–H and O–H groups in total. The fourth-order valence-electron chi connectivity index (χ4n) is 1.54. The first-order valence-electron chi connectivity index (χ1n) is 5.18. The predicted molar refractivity (Wildman–Crippen MR) is 72.9 cm³/mol. The number of hydrogen-bond acceptors (Lipinski definition) is 4. The maximum Gasteiger partial charge on any atom is 0.330 e. The molecule has 0 aliphatic rings. The number of nitro groups is 1. The number of aromatic nitrogens is 1. The molecule has 0 radical (unpaired) electrons. The molecule has 0 aliphatic heterocycles. The zero-order valence-electron chi connectivity index (χ0n) is 9.76. The lowest BCUT2D eigenvalue weighted by Gasteiger charge is -2.05. The van der Waals surface area contributed by atoms with Crippen molar-refractivity contribution in [2.24, 2.45) is 0 Å². The van der Waals surface area contributed by atoms with Crippen molar-refractivity contribution >= 4 is 28.9 Å². The van der Waals surface area contributed by atoms with E-state index in [0.29, 0.717) is 21.3 Å². The number of halogens is 2. The Bertz CT molecular complexity index is 647. The van der Waals surface area contributed by atoms with E-state index in [2.05, 4.69) is 4.98 Å². The molecule has 0 atom stereocenters. The van der Waals surface area contributed by atoms with Crippen LogP contribution < -0.4 is 4.74 Å². The van der Waals surface area contributed by atoms with Crippen LogP contribution in [0, 0.1) is 10.1 Å². The highest BCUT2D eigenvalue weighted by Gasteiger charge is 2.17. The van der Waals surface area contributed by atoms with Crippen LogP contribution in [-0.2, 0) is 0 Å². The van der Waals surface area contributed by atoms with Crippen molar-refractivity contribution < 1.29 is 9.66 Å². The number of pyridine rings is 1. The van der Waals surface area contributed by atoms with Gasteiger partial charge in [-0.2, -0.15) is 0 Å². The normalized spacial score (nSPS) is 10.3. The third-order valence-corrected chi connectivity index (χ3v) is 3.18. The molecule has 0 amide bonds. The van der Waals surface area contributed by atoms with Crippen LogP contribution in [0.2, 0.25) is 10.0 Å². The second kappa shape index (κ2) is 5.42. The molecule has 7 heteroatoms. The molecule has 5 nitrogen and oxygen atoms in total. The van der Waals surface area contributed by atoms with Gasteiger partial charge in [-0.1, -0.05) is 29.3 Å². The summed E-state index contributed by atoms with van der Waals surface area (Å²) >= 11 is 11.7. The van der Waals surface area contributed by atoms with E-state index >= 15 is 0 Å². The average molecular weight is 299 g/mol. The molecular formula is C12H8Cl2N2O3. The van der Waals surface area contributed by atoms with Crippen LogP contribution in [-0.4, -0.2) is 17.0 Å². The van der Waals surface area contributed by atoms with Crippen LogP contribution >= 0.6 is 23.2 Å². The number of rotatable bonds is 3. The first kappa shape index (κ1) is 13.6. The topological polar surface area (TPSA) is 65.3 Å². The molecule has 1 aromatic carbocycles. The van der Waals surface area contributed by atoms with E-state index in [1.54, 1.807) is 18.2 Å². The van der Waals surface area contributed by atoms with Gasteiger partial charge in [0.2, 0.25) is 0 Å². The smallest absolute Gasteiger partial charge is 0.330 e. The molecule has 0 aliphatic carbocycles. The summed E-state index contributed by atoms with van der Waals surface area (Å²) in [6, 6.07) is 7.86. The highest BCUT2D eigenvalue weighted by atomic mass is 35.5. The van der Waals surface area contributed by atoms with Crippen LogP contribution in [0.1, 0.15) is 0 Å². The molecule has 0 bridgehead atoms. The van der Waals surface area contributed by atoms with Crippen molar-refractivity contribution in [1.82, 2.24) is 4.98 Å². The van der Waals surface area contributed by atoms with Crippen LogP contribution in [0.25, 0.3) is 11.3 Å². The maximum atomic E-state index is 10.8. The summed E-state index contributed by atoms with van der Waals surface area (Å²) in [5, 5.41) is 11.6. The summed E-state index contributed by atoms with van der Waals surface area (Å²) in [7, 11) is 1.33. The van der Waals surface area contributed by atoms with Crippen molar-refractivity contribution in [3.63, 3.8) is 0 Å². The summed E-state index contributed by atoms with van der Waals surface area (Å²) < 4.78 is 4.91. The second-order valence-corrected chi connectivity index (χ2v) is 4.43. The zero-order chi connectivity index (χ0) is 14.0. The summed E-state index contributed by atoms with van der Waals surface area (Å²) in [5.74, 6) is -0.0476. The lowest BCUT2D eigenvalue weighted by atomic mass is 10.1. The Morgan fingerprint density at radius 2 is 1.95 bits per heavy atom. The molecular weight excluding hydrogens is 291 g/mol. The Morgan fingerprint density at radius 1 is 1.21 bits per heavy atom. The Labute approximate surface area is 118 Å². The molecule has 19 heavy (non-hydrogen) atoms. The van der Waals surface area contributed by atoms with Crippen LogP contribution in [0.15, 0.2) is 30.3 Å². The molecule has 1 aromatic heterocycles. The van der Waals surface area contributed by atoms with E-state index in [4.69, 9.17) is 27.9 Å². The Kier molecular flexibility index (Phi) is 3.87. The third-order valence-electron chi connectivity index (χ3n) is 2.45. The molecule has 98 valence electrons. The summed E-state index contributed by atoms with van der Waals surface area (Å²) in [6.45, 7) is 0. The quantitative estimate of drug-likeness (QED) is 0.635.